The van der Waals surface area contributed by atoms with Gasteiger partial charge >= 0.3 is 0 Å². The van der Waals surface area contributed by atoms with Gasteiger partial charge in [-0.25, -0.2) is 4.98 Å². The van der Waals surface area contributed by atoms with E-state index in [0.29, 0.717) is 5.92 Å². The summed E-state index contributed by atoms with van der Waals surface area (Å²) in [5.74, 6) is 0.548. The number of rotatable bonds is 8. The van der Waals surface area contributed by atoms with Gasteiger partial charge in [0.1, 0.15) is 0 Å². The van der Waals surface area contributed by atoms with Gasteiger partial charge in [0.25, 0.3) is 5.91 Å². The van der Waals surface area contributed by atoms with Crippen LogP contribution in [0.4, 0.5) is 5.69 Å². The summed E-state index contributed by atoms with van der Waals surface area (Å²) in [6, 6.07) is 16.9. The molecule has 1 aliphatic rings. The molecule has 4 nitrogen and oxygen atoms in total. The van der Waals surface area contributed by atoms with Crippen LogP contribution in [0.3, 0.4) is 0 Å². The number of hydrogen-bond donors (Lipinski definition) is 0. The monoisotopic (exact) mass is 533 g/mol. The van der Waals surface area contributed by atoms with E-state index < -0.39 is 0 Å². The Morgan fingerprint density at radius 3 is 2.36 bits per heavy atom. The number of benzene rings is 1. The average Bonchev–Trinajstić information content (AvgIpc) is 3.71. The highest BCUT2D eigenvalue weighted by atomic mass is 32.1. The number of amides is 1. The van der Waals surface area contributed by atoms with Gasteiger partial charge in [-0.05, 0) is 67.8 Å². The van der Waals surface area contributed by atoms with Crippen molar-refractivity contribution in [1.29, 1.82) is 0 Å². The number of hydrogen-bond acceptors (Lipinski definition) is 6. The van der Waals surface area contributed by atoms with Crippen LogP contribution in [0.1, 0.15) is 47.4 Å². The molecule has 0 atom stereocenters. The number of carbonyl (C=O) groups excluding carboxylic acids is 1. The maximum absolute atomic E-state index is 13.5. The van der Waals surface area contributed by atoms with E-state index in [4.69, 9.17) is 4.98 Å². The Morgan fingerprint density at radius 1 is 1.00 bits per heavy atom. The molecule has 1 aliphatic heterocycles. The molecule has 0 radical (unpaired) electrons. The Morgan fingerprint density at radius 2 is 1.72 bits per heavy atom. The summed E-state index contributed by atoms with van der Waals surface area (Å²) in [5.41, 5.74) is 4.28. The van der Waals surface area contributed by atoms with E-state index in [2.05, 4.69) is 59.8 Å². The first-order valence-electron chi connectivity index (χ1n) is 12.6. The van der Waals surface area contributed by atoms with E-state index in [1.54, 1.807) is 34.0 Å². The van der Waals surface area contributed by atoms with E-state index in [0.717, 1.165) is 60.0 Å². The summed E-state index contributed by atoms with van der Waals surface area (Å²) < 4.78 is 0. The van der Waals surface area contributed by atoms with Crippen LogP contribution in [-0.2, 0) is 4.79 Å². The molecular formula is C29H31N3OS3. The summed E-state index contributed by atoms with van der Waals surface area (Å²) in [6.45, 7) is 7.93. The molecule has 1 saturated heterocycles. The minimum absolute atomic E-state index is 0.136. The Labute approximate surface area is 225 Å². The van der Waals surface area contributed by atoms with Gasteiger partial charge in [0.05, 0.1) is 16.3 Å². The van der Waals surface area contributed by atoms with Crippen molar-refractivity contribution in [3.8, 4) is 11.3 Å². The zero-order valence-corrected chi connectivity index (χ0v) is 23.2. The van der Waals surface area contributed by atoms with Crippen molar-refractivity contribution in [1.82, 2.24) is 9.88 Å². The molecule has 1 amide bonds. The molecule has 1 aromatic carbocycles. The van der Waals surface area contributed by atoms with Crippen molar-refractivity contribution in [2.24, 2.45) is 0 Å². The van der Waals surface area contributed by atoms with E-state index in [9.17, 15) is 4.79 Å². The van der Waals surface area contributed by atoms with Crippen molar-refractivity contribution in [3.05, 3.63) is 79.4 Å². The second-order valence-electron chi connectivity index (χ2n) is 8.91. The fourth-order valence-corrected chi connectivity index (χ4v) is 7.12. The molecular weight excluding hydrogens is 503 g/mol. The lowest BCUT2D eigenvalue weighted by Gasteiger charge is -2.31. The summed E-state index contributed by atoms with van der Waals surface area (Å²) in [5, 5.41) is 7.46. The molecule has 0 saturated carbocycles. The molecule has 5 rings (SSSR count). The van der Waals surface area contributed by atoms with Gasteiger partial charge in [0.2, 0.25) is 0 Å². The molecule has 4 heterocycles. The van der Waals surface area contributed by atoms with E-state index in [1.165, 1.54) is 16.3 Å². The summed E-state index contributed by atoms with van der Waals surface area (Å²) >= 11 is 5.04. The van der Waals surface area contributed by atoms with Crippen LogP contribution in [0.15, 0.2) is 64.7 Å². The molecule has 186 valence electrons. The van der Waals surface area contributed by atoms with Gasteiger partial charge < -0.3 is 9.80 Å². The first-order valence-corrected chi connectivity index (χ1v) is 15.2. The maximum atomic E-state index is 13.5. The summed E-state index contributed by atoms with van der Waals surface area (Å²) in [4.78, 5) is 25.1. The fraction of sp³-hybridized carbons (Fsp3) is 0.310. The van der Waals surface area contributed by atoms with E-state index >= 15 is 0 Å². The van der Waals surface area contributed by atoms with Crippen molar-refractivity contribution in [2.75, 3.05) is 31.1 Å². The standard InChI is InChI=1S/C29H31N3OS3/c1-3-31(4-2)23-11-9-21(10-12-23)26-20-36-28(30-26)22-13-15-32(16-14-22)29(33)25(27-8-6-18-35-27)19-24-7-5-17-34-24/h5-12,17-20,22H,3-4,13-16H2,1-2H3. The molecule has 0 spiro atoms. The summed E-state index contributed by atoms with van der Waals surface area (Å²) in [6.07, 6.45) is 3.95. The lowest BCUT2D eigenvalue weighted by Crippen LogP contribution is -2.38. The number of thiazole rings is 1. The van der Waals surface area contributed by atoms with E-state index in [1.807, 2.05) is 34.6 Å². The maximum Gasteiger partial charge on any atom is 0.255 e. The predicted octanol–water partition coefficient (Wildman–Crippen LogP) is 7.73. The van der Waals surface area contributed by atoms with Crippen LogP contribution in [0, 0.1) is 0 Å². The molecule has 4 aromatic rings. The quantitative estimate of drug-likeness (QED) is 0.218. The summed E-state index contributed by atoms with van der Waals surface area (Å²) in [7, 11) is 0. The normalized spacial score (nSPS) is 14.8. The third-order valence-corrected chi connectivity index (χ3v) is 9.52. The number of aromatic nitrogens is 1. The van der Waals surface area contributed by atoms with Crippen LogP contribution in [0.25, 0.3) is 22.9 Å². The molecule has 0 bridgehead atoms. The minimum atomic E-state index is 0.136. The topological polar surface area (TPSA) is 36.4 Å². The molecule has 0 N–H and O–H groups in total. The SMILES string of the molecule is CCN(CC)c1ccc(-c2csc(C3CCN(C(=O)C(=Cc4cccs4)c4cccs4)CC3)n2)cc1. The van der Waals surface area contributed by atoms with E-state index in [-0.39, 0.29) is 5.91 Å². The third kappa shape index (κ3) is 5.48. The Balaban J connectivity index is 1.24. The number of carbonyl (C=O) groups is 1. The molecule has 7 heteroatoms. The lowest BCUT2D eigenvalue weighted by molar-refractivity contribution is -0.125. The zero-order valence-electron chi connectivity index (χ0n) is 20.7. The third-order valence-electron chi connectivity index (χ3n) is 6.79. The first kappa shape index (κ1) is 24.9. The Hall–Kier alpha value is -2.74. The molecule has 36 heavy (non-hydrogen) atoms. The molecule has 1 fully saturated rings. The van der Waals surface area contributed by atoms with Crippen LogP contribution < -0.4 is 4.90 Å². The second kappa shape index (κ2) is 11.5. The average molecular weight is 534 g/mol. The van der Waals surface area contributed by atoms with Crippen LogP contribution in [-0.4, -0.2) is 42.0 Å². The highest BCUT2D eigenvalue weighted by molar-refractivity contribution is 7.12. The van der Waals surface area contributed by atoms with Gasteiger partial charge in [-0.3, -0.25) is 4.79 Å². The van der Waals surface area contributed by atoms with Gasteiger partial charge in [-0.1, -0.05) is 24.3 Å². The van der Waals surface area contributed by atoms with Crippen molar-refractivity contribution >= 4 is 57.3 Å². The lowest BCUT2D eigenvalue weighted by atomic mass is 9.96. The highest BCUT2D eigenvalue weighted by Crippen LogP contribution is 2.35. The van der Waals surface area contributed by atoms with Crippen molar-refractivity contribution in [3.63, 3.8) is 0 Å². The zero-order chi connectivity index (χ0) is 24.9. The Kier molecular flexibility index (Phi) is 7.99. The van der Waals surface area contributed by atoms with Crippen LogP contribution in [0.2, 0.25) is 0 Å². The minimum Gasteiger partial charge on any atom is -0.372 e. The molecule has 0 unspecified atom stereocenters. The van der Waals surface area contributed by atoms with Gasteiger partial charge in [0, 0.05) is 58.5 Å². The van der Waals surface area contributed by atoms with Crippen molar-refractivity contribution < 1.29 is 4.79 Å². The fourth-order valence-electron chi connectivity index (χ4n) is 4.73. The van der Waals surface area contributed by atoms with Gasteiger partial charge in [-0.2, -0.15) is 0 Å². The number of piperidine rings is 1. The molecule has 0 aliphatic carbocycles. The highest BCUT2D eigenvalue weighted by Gasteiger charge is 2.28. The largest absolute Gasteiger partial charge is 0.372 e. The Bertz CT molecular complexity index is 1280. The number of likely N-dealkylation sites (tertiary alicyclic amines) is 1. The number of thiophene rings is 2. The second-order valence-corrected chi connectivity index (χ2v) is 11.7. The smallest absolute Gasteiger partial charge is 0.255 e. The van der Waals surface area contributed by atoms with Crippen LogP contribution in [0.5, 0.6) is 0 Å². The first-order chi connectivity index (χ1) is 17.7. The van der Waals surface area contributed by atoms with Crippen molar-refractivity contribution in [2.45, 2.75) is 32.6 Å². The van der Waals surface area contributed by atoms with Crippen LogP contribution >= 0.6 is 34.0 Å². The van der Waals surface area contributed by atoms with Gasteiger partial charge in [-0.15, -0.1) is 34.0 Å². The predicted molar refractivity (Wildman–Crippen MR) is 156 cm³/mol. The van der Waals surface area contributed by atoms with Gasteiger partial charge in [0.15, 0.2) is 0 Å². The number of anilines is 1. The number of nitrogens with zero attached hydrogens (tertiary/aromatic N) is 3. The molecule has 3 aromatic heterocycles.